The molecule has 2 heterocycles. The second kappa shape index (κ2) is 5.27. The van der Waals surface area contributed by atoms with Gasteiger partial charge in [-0.25, -0.2) is 4.98 Å². The molecule has 0 spiro atoms. The van der Waals surface area contributed by atoms with Gasteiger partial charge in [-0.05, 0) is 32.5 Å². The van der Waals surface area contributed by atoms with Gasteiger partial charge in [-0.1, -0.05) is 0 Å². The summed E-state index contributed by atoms with van der Waals surface area (Å²) in [6, 6.07) is 4.39. The molecule has 0 fully saturated rings. The lowest BCUT2D eigenvalue weighted by Crippen LogP contribution is -2.22. The normalized spacial score (nSPS) is 12.9. The van der Waals surface area contributed by atoms with Gasteiger partial charge in [0.05, 0.1) is 12.7 Å². The first-order valence-corrected chi connectivity index (χ1v) is 6.23. The predicted octanol–water partition coefficient (Wildman–Crippen LogP) is 2.48. The van der Waals surface area contributed by atoms with E-state index in [1.54, 1.807) is 17.6 Å². The standard InChI is InChI=1S/C12H16N2OS/c1-9(13-2)6-11-8-14-12(16-11)7-10-4-3-5-15-10/h3-5,8-9,13H,6-7H2,1-2H3. The van der Waals surface area contributed by atoms with Gasteiger partial charge in [-0.2, -0.15) is 0 Å². The van der Waals surface area contributed by atoms with Crippen LogP contribution >= 0.6 is 11.3 Å². The van der Waals surface area contributed by atoms with Crippen LogP contribution in [0.25, 0.3) is 0 Å². The van der Waals surface area contributed by atoms with Crippen LogP contribution in [0.5, 0.6) is 0 Å². The molecule has 0 aromatic carbocycles. The Morgan fingerprint density at radius 3 is 3.12 bits per heavy atom. The maximum absolute atomic E-state index is 5.30. The maximum atomic E-state index is 5.30. The largest absolute Gasteiger partial charge is 0.469 e. The number of nitrogens with one attached hydrogen (secondary N) is 1. The molecule has 16 heavy (non-hydrogen) atoms. The minimum absolute atomic E-state index is 0.497. The molecule has 0 aliphatic carbocycles. The van der Waals surface area contributed by atoms with Crippen molar-refractivity contribution < 1.29 is 4.42 Å². The van der Waals surface area contributed by atoms with Crippen molar-refractivity contribution in [2.24, 2.45) is 0 Å². The van der Waals surface area contributed by atoms with Crippen molar-refractivity contribution in [3.63, 3.8) is 0 Å². The van der Waals surface area contributed by atoms with Crippen LogP contribution in [0.4, 0.5) is 0 Å². The van der Waals surface area contributed by atoms with Crippen molar-refractivity contribution in [3.05, 3.63) is 40.2 Å². The molecular formula is C12H16N2OS. The summed E-state index contributed by atoms with van der Waals surface area (Å²) in [4.78, 5) is 5.73. The number of likely N-dealkylation sites (N-methyl/N-ethyl adjacent to an activating group) is 1. The van der Waals surface area contributed by atoms with E-state index in [2.05, 4.69) is 17.2 Å². The van der Waals surface area contributed by atoms with Crippen molar-refractivity contribution >= 4 is 11.3 Å². The topological polar surface area (TPSA) is 38.1 Å². The summed E-state index contributed by atoms with van der Waals surface area (Å²) in [6.07, 6.45) is 5.50. The van der Waals surface area contributed by atoms with Crippen molar-refractivity contribution in [1.29, 1.82) is 0 Å². The molecule has 0 saturated heterocycles. The average Bonchev–Trinajstić information content (AvgIpc) is 2.91. The third-order valence-electron chi connectivity index (χ3n) is 2.51. The second-order valence-corrected chi connectivity index (χ2v) is 5.07. The molecule has 2 aromatic rings. The fourth-order valence-corrected chi connectivity index (χ4v) is 2.55. The third-order valence-corrected chi connectivity index (χ3v) is 3.53. The molecule has 0 aliphatic rings. The summed E-state index contributed by atoms with van der Waals surface area (Å²) in [7, 11) is 1.98. The Kier molecular flexibility index (Phi) is 3.74. The lowest BCUT2D eigenvalue weighted by atomic mass is 10.2. The highest BCUT2D eigenvalue weighted by Gasteiger charge is 2.07. The van der Waals surface area contributed by atoms with Gasteiger partial charge in [0.25, 0.3) is 0 Å². The maximum Gasteiger partial charge on any atom is 0.110 e. The smallest absolute Gasteiger partial charge is 0.110 e. The van der Waals surface area contributed by atoms with E-state index in [1.807, 2.05) is 25.4 Å². The minimum atomic E-state index is 0.497. The molecule has 0 bridgehead atoms. The van der Waals surface area contributed by atoms with E-state index in [0.717, 1.165) is 23.6 Å². The van der Waals surface area contributed by atoms with Gasteiger partial charge in [0.1, 0.15) is 10.8 Å². The fourth-order valence-electron chi connectivity index (χ4n) is 1.49. The Morgan fingerprint density at radius 2 is 2.44 bits per heavy atom. The number of thiazole rings is 1. The number of hydrogen-bond donors (Lipinski definition) is 1. The van der Waals surface area contributed by atoms with Crippen LogP contribution in [0.3, 0.4) is 0 Å². The van der Waals surface area contributed by atoms with E-state index in [0.29, 0.717) is 6.04 Å². The molecule has 0 aliphatic heterocycles. The quantitative estimate of drug-likeness (QED) is 0.866. The summed E-state index contributed by atoms with van der Waals surface area (Å²) >= 11 is 1.76. The van der Waals surface area contributed by atoms with Crippen LogP contribution in [-0.2, 0) is 12.8 Å². The van der Waals surface area contributed by atoms with Gasteiger partial charge >= 0.3 is 0 Å². The van der Waals surface area contributed by atoms with E-state index in [-0.39, 0.29) is 0 Å². The van der Waals surface area contributed by atoms with E-state index in [9.17, 15) is 0 Å². The highest BCUT2D eigenvalue weighted by molar-refractivity contribution is 7.11. The summed E-state index contributed by atoms with van der Waals surface area (Å²) in [5.74, 6) is 0.975. The molecule has 1 N–H and O–H groups in total. The summed E-state index contributed by atoms with van der Waals surface area (Å²) < 4.78 is 5.30. The first-order chi connectivity index (χ1) is 7.78. The summed E-state index contributed by atoms with van der Waals surface area (Å²) in [5.41, 5.74) is 0. The summed E-state index contributed by atoms with van der Waals surface area (Å²) in [5, 5.41) is 4.35. The minimum Gasteiger partial charge on any atom is -0.469 e. The monoisotopic (exact) mass is 236 g/mol. The number of nitrogens with zero attached hydrogens (tertiary/aromatic N) is 1. The van der Waals surface area contributed by atoms with Gasteiger partial charge in [0, 0.05) is 17.1 Å². The predicted molar refractivity (Wildman–Crippen MR) is 65.9 cm³/mol. The molecule has 1 atom stereocenters. The second-order valence-electron chi connectivity index (χ2n) is 3.87. The molecule has 2 rings (SSSR count). The Bertz CT molecular complexity index is 422. The van der Waals surface area contributed by atoms with E-state index < -0.39 is 0 Å². The zero-order chi connectivity index (χ0) is 11.4. The van der Waals surface area contributed by atoms with Crippen molar-refractivity contribution in [1.82, 2.24) is 10.3 Å². The zero-order valence-electron chi connectivity index (χ0n) is 9.56. The zero-order valence-corrected chi connectivity index (χ0v) is 10.4. The summed E-state index contributed by atoms with van der Waals surface area (Å²) in [6.45, 7) is 2.17. The van der Waals surface area contributed by atoms with Crippen LogP contribution in [0.2, 0.25) is 0 Å². The van der Waals surface area contributed by atoms with Gasteiger partial charge < -0.3 is 9.73 Å². The molecule has 0 amide bonds. The van der Waals surface area contributed by atoms with Gasteiger partial charge in [0.2, 0.25) is 0 Å². The average molecular weight is 236 g/mol. The Hall–Kier alpha value is -1.13. The Balaban J connectivity index is 1.97. The highest BCUT2D eigenvalue weighted by Crippen LogP contribution is 2.18. The van der Waals surface area contributed by atoms with Crippen molar-refractivity contribution in [2.45, 2.75) is 25.8 Å². The van der Waals surface area contributed by atoms with Crippen LogP contribution < -0.4 is 5.32 Å². The number of hydrogen-bond acceptors (Lipinski definition) is 4. The highest BCUT2D eigenvalue weighted by atomic mass is 32.1. The van der Waals surface area contributed by atoms with E-state index in [4.69, 9.17) is 4.42 Å². The van der Waals surface area contributed by atoms with Gasteiger partial charge in [0.15, 0.2) is 0 Å². The molecule has 0 radical (unpaired) electrons. The molecule has 2 aromatic heterocycles. The number of aromatic nitrogens is 1. The molecule has 1 unspecified atom stereocenters. The lowest BCUT2D eigenvalue weighted by molar-refractivity contribution is 0.520. The first-order valence-electron chi connectivity index (χ1n) is 5.41. The molecular weight excluding hydrogens is 220 g/mol. The molecule has 3 nitrogen and oxygen atoms in total. The van der Waals surface area contributed by atoms with Crippen LogP contribution in [-0.4, -0.2) is 18.1 Å². The lowest BCUT2D eigenvalue weighted by Gasteiger charge is -2.06. The van der Waals surface area contributed by atoms with Crippen molar-refractivity contribution in [3.8, 4) is 0 Å². The van der Waals surface area contributed by atoms with Crippen LogP contribution in [0, 0.1) is 0 Å². The molecule has 0 saturated carbocycles. The Morgan fingerprint density at radius 1 is 1.56 bits per heavy atom. The van der Waals surface area contributed by atoms with Gasteiger partial charge in [-0.15, -0.1) is 11.3 Å². The van der Waals surface area contributed by atoms with Crippen LogP contribution in [0.1, 0.15) is 22.6 Å². The number of rotatable bonds is 5. The third kappa shape index (κ3) is 2.93. The first kappa shape index (κ1) is 11.4. The molecule has 86 valence electrons. The van der Waals surface area contributed by atoms with Gasteiger partial charge in [-0.3, -0.25) is 0 Å². The SMILES string of the molecule is CNC(C)Cc1cnc(Cc2ccco2)s1. The fraction of sp³-hybridized carbons (Fsp3) is 0.417. The van der Waals surface area contributed by atoms with Crippen molar-refractivity contribution in [2.75, 3.05) is 7.05 Å². The van der Waals surface area contributed by atoms with E-state index in [1.165, 1.54) is 4.88 Å². The molecule has 4 heteroatoms. The number of furan rings is 1. The van der Waals surface area contributed by atoms with Crippen LogP contribution in [0.15, 0.2) is 29.0 Å². The van der Waals surface area contributed by atoms with E-state index >= 15 is 0 Å². The Labute approximate surface area is 99.5 Å².